The largest absolute Gasteiger partial charge is 0.297 e. The molecule has 0 unspecified atom stereocenters. The normalized spacial score (nSPS) is 11.2. The Morgan fingerprint density at radius 3 is 2.78 bits per heavy atom. The number of aromatic nitrogens is 2. The summed E-state index contributed by atoms with van der Waals surface area (Å²) >= 11 is 11.3. The predicted molar refractivity (Wildman–Crippen MR) is 74.5 cm³/mol. The lowest BCUT2D eigenvalue weighted by Gasteiger charge is -2.07. The van der Waals surface area contributed by atoms with E-state index < -0.39 is 5.82 Å². The van der Waals surface area contributed by atoms with E-state index >= 15 is 0 Å². The molecule has 1 aromatic heterocycles. The average molecular weight is 285 g/mol. The number of nitrogens with one attached hydrogen (secondary N) is 1. The van der Waals surface area contributed by atoms with Gasteiger partial charge in [0.05, 0.1) is 5.02 Å². The highest BCUT2D eigenvalue weighted by atomic mass is 35.5. The number of aromatic amines is 1. The molecule has 0 aliphatic carbocycles. The minimum absolute atomic E-state index is 0.277. The summed E-state index contributed by atoms with van der Waals surface area (Å²) in [6.07, 6.45) is 0.864. The van der Waals surface area contributed by atoms with Gasteiger partial charge in [0.15, 0.2) is 0 Å². The first-order chi connectivity index (χ1) is 8.49. The number of rotatable bonds is 3. The fourth-order valence-corrected chi connectivity index (χ4v) is 2.38. The van der Waals surface area contributed by atoms with Crippen molar-refractivity contribution in [3.63, 3.8) is 0 Å². The van der Waals surface area contributed by atoms with E-state index in [0.29, 0.717) is 15.6 Å². The Balaban J connectivity index is 2.51. The number of nitrogens with zero attached hydrogens (tertiary/aromatic N) is 1. The number of para-hydroxylation sites is 1. The van der Waals surface area contributed by atoms with Crippen LogP contribution in [-0.4, -0.2) is 9.78 Å². The molecule has 0 saturated carbocycles. The zero-order valence-corrected chi connectivity index (χ0v) is 11.8. The van der Waals surface area contributed by atoms with E-state index in [4.69, 9.17) is 23.8 Å². The highest BCUT2D eigenvalue weighted by Gasteiger charge is 2.12. The minimum atomic E-state index is -0.392. The van der Waals surface area contributed by atoms with Crippen LogP contribution in [0.1, 0.15) is 19.5 Å². The maximum absolute atomic E-state index is 13.8. The highest BCUT2D eigenvalue weighted by molar-refractivity contribution is 7.71. The van der Waals surface area contributed by atoms with Crippen molar-refractivity contribution in [1.82, 2.24) is 9.78 Å². The second-order valence-electron chi connectivity index (χ2n) is 4.62. The Bertz CT molecular complexity index is 595. The Hall–Kier alpha value is -1.13. The number of benzene rings is 1. The van der Waals surface area contributed by atoms with Crippen LogP contribution < -0.4 is 0 Å². The van der Waals surface area contributed by atoms with Crippen LogP contribution in [0.5, 0.6) is 0 Å². The van der Waals surface area contributed by atoms with E-state index in [1.54, 1.807) is 12.1 Å². The molecule has 0 atom stereocenters. The summed E-state index contributed by atoms with van der Waals surface area (Å²) in [4.78, 5) is 0. The van der Waals surface area contributed by atoms with Crippen molar-refractivity contribution in [2.24, 2.45) is 5.92 Å². The first-order valence-corrected chi connectivity index (χ1v) is 6.53. The van der Waals surface area contributed by atoms with E-state index in [9.17, 15) is 4.39 Å². The quantitative estimate of drug-likeness (QED) is 0.822. The maximum atomic E-state index is 13.8. The monoisotopic (exact) mass is 284 g/mol. The van der Waals surface area contributed by atoms with Gasteiger partial charge in [-0.05, 0) is 30.5 Å². The molecule has 5 heteroatoms. The Kier molecular flexibility index (Phi) is 3.88. The van der Waals surface area contributed by atoms with Crippen molar-refractivity contribution >= 4 is 23.8 Å². The Morgan fingerprint density at radius 2 is 2.17 bits per heavy atom. The molecule has 2 aromatic rings. The molecule has 2 rings (SSSR count). The zero-order valence-electron chi connectivity index (χ0n) is 10.2. The third-order valence-electron chi connectivity index (χ3n) is 2.56. The second kappa shape index (κ2) is 5.24. The third kappa shape index (κ3) is 2.65. The molecule has 2 nitrogen and oxygen atoms in total. The lowest BCUT2D eigenvalue weighted by molar-refractivity contribution is 0.601. The molecule has 1 heterocycles. The maximum Gasteiger partial charge on any atom is 0.150 e. The van der Waals surface area contributed by atoms with Crippen molar-refractivity contribution in [2.45, 2.75) is 20.3 Å². The summed E-state index contributed by atoms with van der Waals surface area (Å²) in [6, 6.07) is 6.43. The molecule has 0 amide bonds. The molecular formula is C13H14ClFN2S. The topological polar surface area (TPSA) is 20.7 Å². The SMILES string of the molecule is CC(C)Cc1cc(=S)n(-c2c(F)cccc2Cl)[nH]1. The van der Waals surface area contributed by atoms with Crippen LogP contribution in [0.2, 0.25) is 5.02 Å². The standard InChI is InChI=1S/C13H14ClFN2S/c1-8(2)6-9-7-12(18)17(16-9)13-10(14)4-3-5-11(13)15/h3-5,7-8,16H,6H2,1-2H3. The molecule has 0 radical (unpaired) electrons. The van der Waals surface area contributed by atoms with Crippen LogP contribution in [0.25, 0.3) is 5.69 Å². The van der Waals surface area contributed by atoms with Crippen LogP contribution >= 0.6 is 23.8 Å². The summed E-state index contributed by atoms with van der Waals surface area (Å²) in [5.41, 5.74) is 1.26. The van der Waals surface area contributed by atoms with Crippen molar-refractivity contribution in [1.29, 1.82) is 0 Å². The smallest absolute Gasteiger partial charge is 0.150 e. The number of hydrogen-bond acceptors (Lipinski definition) is 1. The van der Waals surface area contributed by atoms with E-state index in [2.05, 4.69) is 18.9 Å². The van der Waals surface area contributed by atoms with Crippen molar-refractivity contribution in [3.8, 4) is 5.69 Å². The lowest BCUT2D eigenvalue weighted by Crippen LogP contribution is -2.02. The first kappa shape index (κ1) is 13.3. The van der Waals surface area contributed by atoms with Crippen LogP contribution in [0, 0.1) is 16.4 Å². The first-order valence-electron chi connectivity index (χ1n) is 5.74. The Morgan fingerprint density at radius 1 is 1.44 bits per heavy atom. The Labute approximate surface area is 115 Å². The summed E-state index contributed by atoms with van der Waals surface area (Å²) in [5, 5.41) is 3.44. The van der Waals surface area contributed by atoms with Crippen LogP contribution in [0.4, 0.5) is 4.39 Å². The summed E-state index contributed by atoms with van der Waals surface area (Å²) in [7, 11) is 0. The number of hydrogen-bond donors (Lipinski definition) is 1. The van der Waals surface area contributed by atoms with Gasteiger partial charge in [-0.25, -0.2) is 9.07 Å². The molecule has 18 heavy (non-hydrogen) atoms. The van der Waals surface area contributed by atoms with Crippen LogP contribution in [0.15, 0.2) is 24.3 Å². The van der Waals surface area contributed by atoms with Crippen molar-refractivity contribution < 1.29 is 4.39 Å². The average Bonchev–Trinajstić information content (AvgIpc) is 2.58. The molecule has 0 aliphatic heterocycles. The molecule has 96 valence electrons. The number of H-pyrrole nitrogens is 1. The second-order valence-corrected chi connectivity index (χ2v) is 5.45. The van der Waals surface area contributed by atoms with Gasteiger partial charge < -0.3 is 0 Å². The molecule has 0 fully saturated rings. The summed E-state index contributed by atoms with van der Waals surface area (Å²) in [6.45, 7) is 4.23. The molecule has 0 bridgehead atoms. The van der Waals surface area contributed by atoms with E-state index in [0.717, 1.165) is 12.1 Å². The lowest BCUT2D eigenvalue weighted by atomic mass is 10.1. The van der Waals surface area contributed by atoms with E-state index in [1.165, 1.54) is 10.7 Å². The molecule has 0 aliphatic rings. The number of halogens is 2. The van der Waals surface area contributed by atoms with Gasteiger partial charge >= 0.3 is 0 Å². The van der Waals surface area contributed by atoms with Gasteiger partial charge in [-0.3, -0.25) is 5.10 Å². The predicted octanol–water partition coefficient (Wildman–Crippen LogP) is 4.53. The van der Waals surface area contributed by atoms with E-state index in [1.807, 2.05) is 6.07 Å². The van der Waals surface area contributed by atoms with Gasteiger partial charge in [0.25, 0.3) is 0 Å². The molecule has 0 spiro atoms. The molecule has 0 saturated heterocycles. The fraction of sp³-hybridized carbons (Fsp3) is 0.308. The van der Waals surface area contributed by atoms with Crippen LogP contribution in [-0.2, 0) is 6.42 Å². The van der Waals surface area contributed by atoms with Crippen molar-refractivity contribution in [2.75, 3.05) is 0 Å². The molecular weight excluding hydrogens is 271 g/mol. The van der Waals surface area contributed by atoms with Crippen molar-refractivity contribution in [3.05, 3.63) is 45.4 Å². The van der Waals surface area contributed by atoms with Gasteiger partial charge in [0.2, 0.25) is 0 Å². The van der Waals surface area contributed by atoms with Gasteiger partial charge in [-0.15, -0.1) is 0 Å². The van der Waals surface area contributed by atoms with Gasteiger partial charge in [0.1, 0.15) is 16.1 Å². The highest BCUT2D eigenvalue weighted by Crippen LogP contribution is 2.23. The summed E-state index contributed by atoms with van der Waals surface area (Å²) < 4.78 is 15.9. The third-order valence-corrected chi connectivity index (χ3v) is 3.17. The molecule has 1 N–H and O–H groups in total. The van der Waals surface area contributed by atoms with Gasteiger partial charge in [-0.1, -0.05) is 43.7 Å². The fourth-order valence-electron chi connectivity index (χ4n) is 1.86. The van der Waals surface area contributed by atoms with Gasteiger partial charge in [0, 0.05) is 5.69 Å². The zero-order chi connectivity index (χ0) is 13.3. The summed E-state index contributed by atoms with van der Waals surface area (Å²) in [5.74, 6) is 0.110. The van der Waals surface area contributed by atoms with Gasteiger partial charge in [-0.2, -0.15) is 0 Å². The molecule has 1 aromatic carbocycles. The minimum Gasteiger partial charge on any atom is -0.297 e. The van der Waals surface area contributed by atoms with E-state index in [-0.39, 0.29) is 5.69 Å². The van der Waals surface area contributed by atoms with Crippen LogP contribution in [0.3, 0.4) is 0 Å².